The van der Waals surface area contributed by atoms with Crippen molar-refractivity contribution in [3.63, 3.8) is 0 Å². The molecule has 1 amide bonds. The van der Waals surface area contributed by atoms with Crippen LogP contribution < -0.4 is 15.8 Å². The van der Waals surface area contributed by atoms with Crippen LogP contribution in [0.2, 0.25) is 0 Å². The Kier molecular flexibility index (Phi) is 5.80. The monoisotopic (exact) mass is 411 g/mol. The predicted octanol–water partition coefficient (Wildman–Crippen LogP) is 3.38. The summed E-state index contributed by atoms with van der Waals surface area (Å²) in [7, 11) is 3.78. The summed E-state index contributed by atoms with van der Waals surface area (Å²) in [6, 6.07) is 6.16. The van der Waals surface area contributed by atoms with E-state index in [9.17, 15) is 18.4 Å². The molecule has 28 heavy (non-hydrogen) atoms. The Morgan fingerprint density at radius 1 is 1.36 bits per heavy atom. The first-order valence-electron chi connectivity index (χ1n) is 8.39. The number of carbonyl (C=O) groups is 1. The fraction of sp³-hybridized carbons (Fsp3) is 0.333. The summed E-state index contributed by atoms with van der Waals surface area (Å²) >= 11 is 1.06. The van der Waals surface area contributed by atoms with Gasteiger partial charge in [-0.2, -0.15) is 8.78 Å². The quantitative estimate of drug-likeness (QED) is 0.645. The zero-order valence-electron chi connectivity index (χ0n) is 15.5. The number of alkyl halides is 2. The van der Waals surface area contributed by atoms with Gasteiger partial charge in [-0.1, -0.05) is 0 Å². The predicted molar refractivity (Wildman–Crippen MR) is 103 cm³/mol. The molecule has 1 N–H and O–H groups in total. The number of amides is 1. The number of ether oxygens (including phenoxy) is 1. The molecule has 0 atom stereocenters. The number of likely N-dealkylation sites (N-methyl/N-ethyl adjacent to an activating group) is 1. The number of rotatable bonds is 7. The van der Waals surface area contributed by atoms with Gasteiger partial charge in [-0.3, -0.25) is 9.36 Å². The number of nitrogens with one attached hydrogen (secondary N) is 1. The van der Waals surface area contributed by atoms with Gasteiger partial charge in [-0.25, -0.2) is 4.79 Å². The number of benzene rings is 1. The highest BCUT2D eigenvalue weighted by Crippen LogP contribution is 2.31. The zero-order valence-corrected chi connectivity index (χ0v) is 16.3. The first-order chi connectivity index (χ1) is 13.2. The third-order valence-electron chi connectivity index (χ3n) is 3.94. The molecule has 2 aromatic heterocycles. The third kappa shape index (κ3) is 4.39. The number of halogens is 2. The summed E-state index contributed by atoms with van der Waals surface area (Å²) in [6.45, 7) is -0.268. The topological polar surface area (TPSA) is 76.7 Å². The van der Waals surface area contributed by atoms with Crippen molar-refractivity contribution in [2.75, 3.05) is 26.0 Å². The molecule has 0 saturated carbocycles. The van der Waals surface area contributed by atoms with Crippen LogP contribution in [0, 0.1) is 6.92 Å². The fourth-order valence-electron chi connectivity index (χ4n) is 2.67. The van der Waals surface area contributed by atoms with Crippen LogP contribution in [0.15, 0.2) is 33.5 Å². The normalized spacial score (nSPS) is 11.5. The van der Waals surface area contributed by atoms with Gasteiger partial charge < -0.3 is 19.4 Å². The summed E-state index contributed by atoms with van der Waals surface area (Å²) < 4.78 is 36.2. The van der Waals surface area contributed by atoms with Crippen molar-refractivity contribution < 1.29 is 22.7 Å². The molecule has 0 aliphatic carbocycles. The Hall–Kier alpha value is -2.72. The molecule has 7 nitrogen and oxygen atoms in total. The van der Waals surface area contributed by atoms with Crippen LogP contribution in [-0.2, 0) is 6.54 Å². The SMILES string of the molecule is Cc1cc(OC(F)F)c(C(=O)Nc2ccc3oc(=O)n(CCN(C)C)c3c2)s1. The number of thiophene rings is 1. The van der Waals surface area contributed by atoms with Crippen LogP contribution >= 0.6 is 11.3 Å². The lowest BCUT2D eigenvalue weighted by atomic mass is 10.2. The molecule has 0 radical (unpaired) electrons. The smallest absolute Gasteiger partial charge is 0.419 e. The van der Waals surface area contributed by atoms with Crippen molar-refractivity contribution >= 4 is 34.0 Å². The third-order valence-corrected chi connectivity index (χ3v) is 4.97. The molecule has 3 aromatic rings. The number of anilines is 1. The van der Waals surface area contributed by atoms with Gasteiger partial charge in [0, 0.05) is 23.7 Å². The molecular formula is C18H19F2N3O4S. The number of aryl methyl sites for hydroxylation is 1. The van der Waals surface area contributed by atoms with E-state index in [1.165, 1.54) is 10.6 Å². The molecule has 150 valence electrons. The van der Waals surface area contributed by atoms with E-state index < -0.39 is 18.3 Å². The number of hydrogen-bond acceptors (Lipinski definition) is 6. The highest BCUT2D eigenvalue weighted by atomic mass is 32.1. The van der Waals surface area contributed by atoms with Gasteiger partial charge in [0.25, 0.3) is 5.91 Å². The molecule has 0 saturated heterocycles. The van der Waals surface area contributed by atoms with Gasteiger partial charge in [-0.05, 0) is 45.3 Å². The van der Waals surface area contributed by atoms with E-state index in [4.69, 9.17) is 4.42 Å². The summed E-state index contributed by atoms with van der Waals surface area (Å²) in [4.78, 5) is 27.3. The van der Waals surface area contributed by atoms with Gasteiger partial charge in [0.15, 0.2) is 5.58 Å². The van der Waals surface area contributed by atoms with Crippen molar-refractivity contribution in [2.24, 2.45) is 0 Å². The van der Waals surface area contributed by atoms with Gasteiger partial charge in [0.05, 0.1) is 5.52 Å². The molecule has 0 aliphatic rings. The van der Waals surface area contributed by atoms with E-state index in [-0.39, 0.29) is 10.6 Å². The van der Waals surface area contributed by atoms with Crippen LogP contribution in [-0.4, -0.2) is 42.6 Å². The summed E-state index contributed by atoms with van der Waals surface area (Å²) in [5, 5.41) is 2.66. The average Bonchev–Trinajstić information content (AvgIpc) is 3.11. The minimum Gasteiger partial charge on any atom is -0.433 e. The first kappa shape index (κ1) is 20.0. The molecule has 1 aromatic carbocycles. The number of nitrogens with zero attached hydrogens (tertiary/aromatic N) is 2. The minimum atomic E-state index is -3.02. The van der Waals surface area contributed by atoms with Crippen LogP contribution in [0.25, 0.3) is 11.1 Å². The standard InChI is InChI=1S/C18H19F2N3O4S/c1-10-8-14(26-17(19)20)15(28-10)16(24)21-11-4-5-13-12(9-11)23(18(25)27-13)7-6-22(2)3/h4-5,8-9,17H,6-7H2,1-3H3,(H,21,24). The first-order valence-corrected chi connectivity index (χ1v) is 9.21. The lowest BCUT2D eigenvalue weighted by Crippen LogP contribution is -2.23. The van der Waals surface area contributed by atoms with Gasteiger partial charge in [0.2, 0.25) is 0 Å². The molecule has 0 aliphatic heterocycles. The summed E-state index contributed by atoms with van der Waals surface area (Å²) in [6.07, 6.45) is 0. The molecule has 10 heteroatoms. The molecule has 0 fully saturated rings. The van der Waals surface area contributed by atoms with Crippen LogP contribution in [0.5, 0.6) is 5.75 Å². The maximum absolute atomic E-state index is 12.6. The largest absolute Gasteiger partial charge is 0.433 e. The molecule has 2 heterocycles. The zero-order chi connectivity index (χ0) is 20.4. The Bertz CT molecular complexity index is 1050. The summed E-state index contributed by atoms with van der Waals surface area (Å²) in [5.74, 6) is -1.22. The highest BCUT2D eigenvalue weighted by Gasteiger charge is 2.20. The van der Waals surface area contributed by atoms with E-state index in [1.807, 2.05) is 19.0 Å². The lowest BCUT2D eigenvalue weighted by Gasteiger charge is -2.10. The molecule has 0 spiro atoms. The number of hydrogen-bond donors (Lipinski definition) is 1. The minimum absolute atomic E-state index is 0.0510. The molecule has 0 bridgehead atoms. The number of oxazole rings is 1. The maximum atomic E-state index is 12.6. The second-order valence-corrected chi connectivity index (χ2v) is 7.64. The second kappa shape index (κ2) is 8.11. The van der Waals surface area contributed by atoms with Crippen molar-refractivity contribution in [2.45, 2.75) is 20.1 Å². The van der Waals surface area contributed by atoms with E-state index in [0.29, 0.717) is 34.8 Å². The number of fused-ring (bicyclic) bond motifs is 1. The Balaban J connectivity index is 1.87. The molecule has 3 rings (SSSR count). The van der Waals surface area contributed by atoms with Crippen molar-refractivity contribution in [3.05, 3.63) is 44.6 Å². The van der Waals surface area contributed by atoms with Crippen LogP contribution in [0.3, 0.4) is 0 Å². The number of carbonyl (C=O) groups excluding carboxylic acids is 1. The lowest BCUT2D eigenvalue weighted by molar-refractivity contribution is -0.0498. The molecule has 0 unspecified atom stereocenters. The second-order valence-electron chi connectivity index (χ2n) is 6.39. The van der Waals surface area contributed by atoms with Crippen molar-refractivity contribution in [1.82, 2.24) is 9.47 Å². The summed E-state index contributed by atoms with van der Waals surface area (Å²) in [5.41, 5.74) is 1.34. The highest BCUT2D eigenvalue weighted by molar-refractivity contribution is 7.14. The van der Waals surface area contributed by atoms with Gasteiger partial charge in [-0.15, -0.1) is 11.3 Å². The fourth-order valence-corrected chi connectivity index (χ4v) is 3.51. The maximum Gasteiger partial charge on any atom is 0.419 e. The van der Waals surface area contributed by atoms with Crippen LogP contribution in [0.1, 0.15) is 14.5 Å². The van der Waals surface area contributed by atoms with E-state index in [0.717, 1.165) is 11.3 Å². The molecular weight excluding hydrogens is 392 g/mol. The average molecular weight is 411 g/mol. The Morgan fingerprint density at radius 2 is 2.11 bits per heavy atom. The van der Waals surface area contributed by atoms with E-state index in [2.05, 4.69) is 10.1 Å². The van der Waals surface area contributed by atoms with E-state index in [1.54, 1.807) is 25.1 Å². The van der Waals surface area contributed by atoms with Gasteiger partial charge in [0.1, 0.15) is 10.6 Å². The Morgan fingerprint density at radius 3 is 2.79 bits per heavy atom. The van der Waals surface area contributed by atoms with Crippen molar-refractivity contribution in [3.8, 4) is 5.75 Å². The van der Waals surface area contributed by atoms with Crippen LogP contribution in [0.4, 0.5) is 14.5 Å². The van der Waals surface area contributed by atoms with Gasteiger partial charge >= 0.3 is 12.4 Å². The Labute approximate surface area is 163 Å². The number of aromatic nitrogens is 1. The van der Waals surface area contributed by atoms with E-state index >= 15 is 0 Å². The van der Waals surface area contributed by atoms with Crippen molar-refractivity contribution in [1.29, 1.82) is 0 Å².